The molecule has 0 radical (unpaired) electrons. The minimum atomic E-state index is -3.94. The molecule has 0 spiro atoms. The van der Waals surface area contributed by atoms with E-state index in [1.807, 2.05) is 37.3 Å². The maximum Gasteiger partial charge on any atom is 0.264 e. The van der Waals surface area contributed by atoms with Crippen molar-refractivity contribution in [3.05, 3.63) is 95.0 Å². The summed E-state index contributed by atoms with van der Waals surface area (Å²) in [6.45, 7) is 1.44. The summed E-state index contributed by atoms with van der Waals surface area (Å²) < 4.78 is 28.4. The molecule has 6 nitrogen and oxygen atoms in total. The van der Waals surface area contributed by atoms with Crippen LogP contribution in [0.4, 0.5) is 5.69 Å². The Balaban J connectivity index is 1.73. The van der Waals surface area contributed by atoms with E-state index in [1.54, 1.807) is 42.5 Å². The lowest BCUT2D eigenvalue weighted by molar-refractivity contribution is -0.119. The number of hydrogen-bond donors (Lipinski definition) is 1. The predicted octanol–water partition coefficient (Wildman–Crippen LogP) is 4.77. The second kappa shape index (κ2) is 11.1. The zero-order chi connectivity index (χ0) is 23.0. The number of carbonyl (C=O) groups is 1. The Labute approximate surface area is 197 Å². The number of sulfonamides is 1. The molecule has 0 saturated carbocycles. The molecule has 166 valence electrons. The average molecular weight is 514 g/mol. The molecule has 0 fully saturated rings. The van der Waals surface area contributed by atoms with E-state index >= 15 is 0 Å². The van der Waals surface area contributed by atoms with Crippen molar-refractivity contribution in [1.82, 2.24) is 5.43 Å². The van der Waals surface area contributed by atoms with Crippen LogP contribution in [-0.4, -0.2) is 26.6 Å². The lowest BCUT2D eigenvalue weighted by Crippen LogP contribution is -2.39. The molecule has 3 aromatic carbocycles. The van der Waals surface area contributed by atoms with Gasteiger partial charge in [-0.25, -0.2) is 13.8 Å². The normalized spacial score (nSPS) is 11.8. The van der Waals surface area contributed by atoms with E-state index in [2.05, 4.69) is 26.5 Å². The Hall–Kier alpha value is -2.97. The predicted molar refractivity (Wildman–Crippen MR) is 131 cm³/mol. The Morgan fingerprint density at radius 3 is 2.16 bits per heavy atom. The van der Waals surface area contributed by atoms with Crippen LogP contribution in [0.3, 0.4) is 0 Å². The van der Waals surface area contributed by atoms with E-state index in [9.17, 15) is 13.2 Å². The first kappa shape index (κ1) is 23.7. The number of rotatable bonds is 9. The van der Waals surface area contributed by atoms with Gasteiger partial charge in [0.2, 0.25) is 0 Å². The van der Waals surface area contributed by atoms with Crippen molar-refractivity contribution in [3.8, 4) is 0 Å². The highest BCUT2D eigenvalue weighted by atomic mass is 79.9. The molecule has 0 unspecified atom stereocenters. The van der Waals surface area contributed by atoms with Gasteiger partial charge in [0, 0.05) is 10.2 Å². The third kappa shape index (κ3) is 6.51. The summed E-state index contributed by atoms with van der Waals surface area (Å²) in [5, 5.41) is 4.14. The molecule has 1 N–H and O–H groups in total. The van der Waals surface area contributed by atoms with Gasteiger partial charge in [-0.1, -0.05) is 64.5 Å². The molecule has 0 bridgehead atoms. The Morgan fingerprint density at radius 1 is 0.938 bits per heavy atom. The molecule has 32 heavy (non-hydrogen) atoms. The number of halogens is 1. The van der Waals surface area contributed by atoms with E-state index in [4.69, 9.17) is 0 Å². The van der Waals surface area contributed by atoms with Gasteiger partial charge in [0.1, 0.15) is 6.54 Å². The Morgan fingerprint density at radius 2 is 1.53 bits per heavy atom. The smallest absolute Gasteiger partial charge is 0.264 e. The highest BCUT2D eigenvalue weighted by Gasteiger charge is 2.27. The van der Waals surface area contributed by atoms with Crippen molar-refractivity contribution < 1.29 is 13.2 Å². The molecule has 3 rings (SSSR count). The molecule has 0 aliphatic heterocycles. The lowest BCUT2D eigenvalue weighted by Gasteiger charge is -2.23. The van der Waals surface area contributed by atoms with E-state index in [-0.39, 0.29) is 4.90 Å². The van der Waals surface area contributed by atoms with E-state index in [1.165, 1.54) is 17.7 Å². The number of carbonyl (C=O) groups excluding carboxylic acids is 1. The van der Waals surface area contributed by atoms with Gasteiger partial charge in [0.05, 0.1) is 10.6 Å². The summed E-state index contributed by atoms with van der Waals surface area (Å²) in [6, 6.07) is 24.8. The molecule has 0 aliphatic rings. The fourth-order valence-electron chi connectivity index (χ4n) is 2.99. The number of hydrazone groups is 1. The number of aryl methyl sites for hydroxylation is 1. The summed E-state index contributed by atoms with van der Waals surface area (Å²) >= 11 is 3.35. The van der Waals surface area contributed by atoms with Gasteiger partial charge in [-0.2, -0.15) is 5.10 Å². The number of benzene rings is 3. The van der Waals surface area contributed by atoms with Crippen molar-refractivity contribution in [3.63, 3.8) is 0 Å². The average Bonchev–Trinajstić information content (AvgIpc) is 2.81. The first-order chi connectivity index (χ1) is 15.4. The molecule has 0 atom stereocenters. The van der Waals surface area contributed by atoms with Gasteiger partial charge in [-0.05, 0) is 61.7 Å². The number of nitrogens with one attached hydrogen (secondary N) is 1. The third-order valence-electron chi connectivity index (χ3n) is 4.72. The van der Waals surface area contributed by atoms with Crippen LogP contribution in [-0.2, 0) is 21.2 Å². The number of nitrogens with zero attached hydrogens (tertiary/aromatic N) is 2. The fourth-order valence-corrected chi connectivity index (χ4v) is 4.70. The SMILES string of the molecule is C/C(CCc1ccccc1)=N/NC(=O)CN(c1ccc(Br)cc1)S(=O)(=O)c1ccccc1. The molecular formula is C24H24BrN3O3S. The molecule has 0 aliphatic carbocycles. The molecule has 8 heteroatoms. The van der Waals surface area contributed by atoms with Crippen LogP contribution in [0.15, 0.2) is 99.4 Å². The standard InChI is InChI=1S/C24H24BrN3O3S/c1-19(12-13-20-8-4-2-5-9-20)26-27-24(29)18-28(22-16-14-21(25)15-17-22)32(30,31)23-10-6-3-7-11-23/h2-11,14-17H,12-13,18H2,1H3,(H,27,29)/b26-19-. The number of amides is 1. The highest BCUT2D eigenvalue weighted by molar-refractivity contribution is 9.10. The van der Waals surface area contributed by atoms with Crippen LogP contribution in [0.25, 0.3) is 0 Å². The van der Waals surface area contributed by atoms with Gasteiger partial charge in [-0.15, -0.1) is 0 Å². The molecule has 1 amide bonds. The summed E-state index contributed by atoms with van der Waals surface area (Å²) in [4.78, 5) is 12.7. The van der Waals surface area contributed by atoms with Gasteiger partial charge in [-0.3, -0.25) is 9.10 Å². The molecule has 0 saturated heterocycles. The fraction of sp³-hybridized carbons (Fsp3) is 0.167. The maximum absolute atomic E-state index is 13.2. The monoisotopic (exact) mass is 513 g/mol. The highest BCUT2D eigenvalue weighted by Crippen LogP contribution is 2.25. The van der Waals surface area contributed by atoms with E-state index in [0.29, 0.717) is 12.1 Å². The molecular weight excluding hydrogens is 490 g/mol. The minimum Gasteiger partial charge on any atom is -0.271 e. The van der Waals surface area contributed by atoms with Crippen molar-refractivity contribution in [2.45, 2.75) is 24.7 Å². The van der Waals surface area contributed by atoms with Crippen LogP contribution in [0.5, 0.6) is 0 Å². The lowest BCUT2D eigenvalue weighted by atomic mass is 10.1. The van der Waals surface area contributed by atoms with Crippen LogP contribution in [0.1, 0.15) is 18.9 Å². The maximum atomic E-state index is 13.2. The van der Waals surface area contributed by atoms with Crippen molar-refractivity contribution >= 4 is 43.3 Å². The second-order valence-electron chi connectivity index (χ2n) is 7.17. The first-order valence-corrected chi connectivity index (χ1v) is 12.3. The summed E-state index contributed by atoms with van der Waals surface area (Å²) in [6.07, 6.45) is 1.49. The summed E-state index contributed by atoms with van der Waals surface area (Å²) in [7, 11) is -3.94. The molecule has 0 aromatic heterocycles. The van der Waals surface area contributed by atoms with E-state index in [0.717, 1.165) is 20.9 Å². The van der Waals surface area contributed by atoms with Crippen molar-refractivity contribution in [1.29, 1.82) is 0 Å². The van der Waals surface area contributed by atoms with Gasteiger partial charge < -0.3 is 0 Å². The minimum absolute atomic E-state index is 0.110. The topological polar surface area (TPSA) is 78.8 Å². The summed E-state index contributed by atoms with van der Waals surface area (Å²) in [5.74, 6) is -0.522. The van der Waals surface area contributed by atoms with Crippen LogP contribution >= 0.6 is 15.9 Å². The second-order valence-corrected chi connectivity index (χ2v) is 9.95. The number of anilines is 1. The van der Waals surface area contributed by atoms with E-state index < -0.39 is 22.5 Å². The Bertz CT molecular complexity index is 1170. The molecule has 0 heterocycles. The Kier molecular flexibility index (Phi) is 8.19. The first-order valence-electron chi connectivity index (χ1n) is 10.1. The van der Waals surface area contributed by atoms with Gasteiger partial charge in [0.25, 0.3) is 15.9 Å². The van der Waals surface area contributed by atoms with Crippen molar-refractivity contribution in [2.24, 2.45) is 5.10 Å². The van der Waals surface area contributed by atoms with Crippen LogP contribution < -0.4 is 9.73 Å². The zero-order valence-corrected chi connectivity index (χ0v) is 20.0. The largest absolute Gasteiger partial charge is 0.271 e. The molecule has 3 aromatic rings. The van der Waals surface area contributed by atoms with Gasteiger partial charge in [0.15, 0.2) is 0 Å². The quantitative estimate of drug-likeness (QED) is 0.330. The number of hydrogen-bond acceptors (Lipinski definition) is 4. The van der Waals surface area contributed by atoms with Gasteiger partial charge >= 0.3 is 0 Å². The third-order valence-corrected chi connectivity index (χ3v) is 7.04. The van der Waals surface area contributed by atoms with Crippen molar-refractivity contribution in [2.75, 3.05) is 10.8 Å². The van der Waals surface area contributed by atoms with Crippen LogP contribution in [0, 0.1) is 0 Å². The zero-order valence-electron chi connectivity index (χ0n) is 17.6. The van der Waals surface area contributed by atoms with Crippen LogP contribution in [0.2, 0.25) is 0 Å². The summed E-state index contributed by atoms with van der Waals surface area (Å²) in [5.41, 5.74) is 4.81.